The minimum atomic E-state index is -0.461. The Kier molecular flexibility index (Phi) is 10.7. The maximum Gasteiger partial charge on any atom is 0.410 e. The van der Waals surface area contributed by atoms with Crippen LogP contribution < -0.4 is 10.6 Å². The Labute approximate surface area is 164 Å². The first kappa shape index (κ1) is 23.3. The van der Waals surface area contributed by atoms with Crippen LogP contribution in [0, 0.1) is 5.92 Å². The van der Waals surface area contributed by atoms with Crippen LogP contribution in [0.4, 0.5) is 4.79 Å². The van der Waals surface area contributed by atoms with E-state index in [4.69, 9.17) is 4.74 Å². The fraction of sp³-hybridized carbons (Fsp3) is 0.882. The number of nitrogens with zero attached hydrogens (tertiary/aromatic N) is 2. The molecule has 0 saturated heterocycles. The lowest BCUT2D eigenvalue weighted by molar-refractivity contribution is 0.0230. The van der Waals surface area contributed by atoms with E-state index in [9.17, 15) is 4.79 Å². The van der Waals surface area contributed by atoms with Gasteiger partial charge in [0.25, 0.3) is 0 Å². The molecule has 0 aromatic heterocycles. The lowest BCUT2D eigenvalue weighted by Gasteiger charge is -2.28. The third kappa shape index (κ3) is 10.2. The Morgan fingerprint density at radius 2 is 1.96 bits per heavy atom. The molecule has 1 saturated carbocycles. The molecule has 142 valence electrons. The van der Waals surface area contributed by atoms with Crippen molar-refractivity contribution >= 4 is 36.0 Å². The van der Waals surface area contributed by atoms with Gasteiger partial charge in [-0.25, -0.2) is 4.79 Å². The van der Waals surface area contributed by atoms with E-state index in [-0.39, 0.29) is 36.1 Å². The van der Waals surface area contributed by atoms with Crippen LogP contribution in [0.25, 0.3) is 0 Å². The van der Waals surface area contributed by atoms with Crippen LogP contribution >= 0.6 is 24.0 Å². The van der Waals surface area contributed by atoms with Crippen LogP contribution in [0.5, 0.6) is 0 Å². The second-order valence-electron chi connectivity index (χ2n) is 7.32. The van der Waals surface area contributed by atoms with Crippen molar-refractivity contribution in [3.8, 4) is 0 Å². The van der Waals surface area contributed by atoms with Gasteiger partial charge < -0.3 is 20.3 Å². The van der Waals surface area contributed by atoms with Gasteiger partial charge in [-0.15, -0.1) is 24.0 Å². The van der Waals surface area contributed by atoms with Crippen LogP contribution in [-0.4, -0.2) is 55.3 Å². The van der Waals surface area contributed by atoms with E-state index in [0.29, 0.717) is 0 Å². The molecule has 1 aliphatic rings. The molecule has 1 fully saturated rings. The smallest absolute Gasteiger partial charge is 0.410 e. The highest BCUT2D eigenvalue weighted by Crippen LogP contribution is 2.28. The fourth-order valence-electron chi connectivity index (χ4n) is 1.97. The highest BCUT2D eigenvalue weighted by Gasteiger charge is 2.23. The fourth-order valence-corrected chi connectivity index (χ4v) is 1.97. The van der Waals surface area contributed by atoms with E-state index in [0.717, 1.165) is 37.9 Å². The molecule has 24 heavy (non-hydrogen) atoms. The zero-order valence-electron chi connectivity index (χ0n) is 16.0. The molecule has 1 aliphatic carbocycles. The highest BCUT2D eigenvalue weighted by atomic mass is 127. The molecule has 0 aliphatic heterocycles. The second kappa shape index (κ2) is 11.0. The summed E-state index contributed by atoms with van der Waals surface area (Å²) in [5, 5.41) is 6.59. The molecule has 6 nitrogen and oxygen atoms in total. The molecule has 0 heterocycles. The lowest BCUT2D eigenvalue weighted by Crippen LogP contribution is -2.43. The van der Waals surface area contributed by atoms with Crippen LogP contribution in [0.1, 0.15) is 53.9 Å². The number of guanidine groups is 1. The van der Waals surface area contributed by atoms with Gasteiger partial charge in [0.05, 0.1) is 0 Å². The predicted octanol–water partition coefficient (Wildman–Crippen LogP) is 3.22. The van der Waals surface area contributed by atoms with Crippen LogP contribution in [0.2, 0.25) is 0 Å². The van der Waals surface area contributed by atoms with E-state index < -0.39 is 5.60 Å². The number of amides is 1. The van der Waals surface area contributed by atoms with Gasteiger partial charge in [-0.05, 0) is 59.8 Å². The maximum absolute atomic E-state index is 12.0. The largest absolute Gasteiger partial charge is 0.444 e. The summed E-state index contributed by atoms with van der Waals surface area (Å²) in [5.74, 6) is 1.65. The number of aliphatic imine (C=N–C) groups is 1. The number of halogens is 1. The molecule has 0 spiro atoms. The normalized spacial score (nSPS) is 16.0. The van der Waals surface area contributed by atoms with E-state index in [2.05, 4.69) is 22.5 Å². The van der Waals surface area contributed by atoms with Crippen molar-refractivity contribution in [2.75, 3.05) is 26.7 Å². The first-order chi connectivity index (χ1) is 10.7. The first-order valence-corrected chi connectivity index (χ1v) is 8.71. The summed E-state index contributed by atoms with van der Waals surface area (Å²) in [4.78, 5) is 18.3. The average Bonchev–Trinajstić information content (AvgIpc) is 3.26. The van der Waals surface area contributed by atoms with Crippen LogP contribution in [0.15, 0.2) is 4.99 Å². The van der Waals surface area contributed by atoms with Gasteiger partial charge in [0.2, 0.25) is 0 Å². The van der Waals surface area contributed by atoms with Crippen molar-refractivity contribution in [3.05, 3.63) is 0 Å². The molecule has 1 unspecified atom stereocenters. The Hall–Kier alpha value is -0.730. The molecule has 0 aromatic rings. The summed E-state index contributed by atoms with van der Waals surface area (Å²) < 4.78 is 5.39. The summed E-state index contributed by atoms with van der Waals surface area (Å²) in [6.45, 7) is 12.3. The van der Waals surface area contributed by atoms with Gasteiger partial charge in [0, 0.05) is 32.7 Å². The number of rotatable bonds is 7. The van der Waals surface area contributed by atoms with Gasteiger partial charge >= 0.3 is 6.09 Å². The quantitative estimate of drug-likeness (QED) is 0.352. The number of hydrogen-bond acceptors (Lipinski definition) is 3. The van der Waals surface area contributed by atoms with E-state index in [1.165, 1.54) is 12.8 Å². The topological polar surface area (TPSA) is 66.0 Å². The molecule has 0 radical (unpaired) electrons. The number of ether oxygens (including phenoxy) is 1. The van der Waals surface area contributed by atoms with Crippen molar-refractivity contribution in [2.45, 2.75) is 65.5 Å². The Balaban J connectivity index is 0.00000529. The number of nitrogens with one attached hydrogen (secondary N) is 2. The van der Waals surface area contributed by atoms with Gasteiger partial charge in [-0.2, -0.15) is 0 Å². The SMILES string of the molecule is CCNC(=NCC1CC1)NCCC(C)N(C)C(=O)OC(C)(C)C.I. The Morgan fingerprint density at radius 1 is 1.33 bits per heavy atom. The summed E-state index contributed by atoms with van der Waals surface area (Å²) in [7, 11) is 1.78. The van der Waals surface area contributed by atoms with Crippen LogP contribution in [-0.2, 0) is 4.74 Å². The van der Waals surface area contributed by atoms with Gasteiger partial charge in [-0.3, -0.25) is 4.99 Å². The molecule has 1 rings (SSSR count). The van der Waals surface area contributed by atoms with Gasteiger partial charge in [0.15, 0.2) is 5.96 Å². The standard InChI is InChI=1S/C17H34N4O2.HI/c1-7-18-15(20-12-14-8-9-14)19-11-10-13(2)21(6)16(22)23-17(3,4)5;/h13-14H,7-12H2,1-6H3,(H2,18,19,20);1H. The maximum atomic E-state index is 12.0. The molecule has 0 aromatic carbocycles. The molecule has 2 N–H and O–H groups in total. The molecule has 0 bridgehead atoms. The summed E-state index contributed by atoms with van der Waals surface area (Å²) in [5.41, 5.74) is -0.461. The minimum absolute atomic E-state index is 0. The summed E-state index contributed by atoms with van der Waals surface area (Å²) >= 11 is 0. The predicted molar refractivity (Wildman–Crippen MR) is 110 cm³/mol. The molecule has 1 amide bonds. The number of carbonyl (C=O) groups is 1. The molecular formula is C17H35IN4O2. The summed E-state index contributed by atoms with van der Waals surface area (Å²) in [6.07, 6.45) is 3.17. The molecular weight excluding hydrogens is 419 g/mol. The van der Waals surface area contributed by atoms with Crippen LogP contribution in [0.3, 0.4) is 0 Å². The Morgan fingerprint density at radius 3 is 2.46 bits per heavy atom. The number of carbonyl (C=O) groups excluding carboxylic acids is 1. The number of hydrogen-bond donors (Lipinski definition) is 2. The van der Waals surface area contributed by atoms with E-state index in [1.807, 2.05) is 27.7 Å². The summed E-state index contributed by atoms with van der Waals surface area (Å²) in [6, 6.07) is 0.101. The lowest BCUT2D eigenvalue weighted by atomic mass is 10.2. The van der Waals surface area contributed by atoms with Gasteiger partial charge in [0.1, 0.15) is 5.60 Å². The average molecular weight is 454 g/mol. The van der Waals surface area contributed by atoms with E-state index in [1.54, 1.807) is 11.9 Å². The van der Waals surface area contributed by atoms with Crippen molar-refractivity contribution in [1.82, 2.24) is 15.5 Å². The molecule has 7 heteroatoms. The van der Waals surface area contributed by atoms with Crippen molar-refractivity contribution in [3.63, 3.8) is 0 Å². The van der Waals surface area contributed by atoms with Crippen molar-refractivity contribution < 1.29 is 9.53 Å². The van der Waals surface area contributed by atoms with Crippen molar-refractivity contribution in [1.29, 1.82) is 0 Å². The van der Waals surface area contributed by atoms with E-state index >= 15 is 0 Å². The monoisotopic (exact) mass is 454 g/mol. The van der Waals surface area contributed by atoms with Gasteiger partial charge in [-0.1, -0.05) is 0 Å². The zero-order chi connectivity index (χ0) is 17.5. The minimum Gasteiger partial charge on any atom is -0.444 e. The third-order valence-electron chi connectivity index (χ3n) is 3.75. The third-order valence-corrected chi connectivity index (χ3v) is 3.75. The van der Waals surface area contributed by atoms with Crippen molar-refractivity contribution in [2.24, 2.45) is 10.9 Å². The molecule has 1 atom stereocenters. The zero-order valence-corrected chi connectivity index (χ0v) is 18.3. The highest BCUT2D eigenvalue weighted by molar-refractivity contribution is 14.0. The second-order valence-corrected chi connectivity index (χ2v) is 7.32. The first-order valence-electron chi connectivity index (χ1n) is 8.71. The Bertz CT molecular complexity index is 406.